The van der Waals surface area contributed by atoms with E-state index in [1.54, 1.807) is 25.6 Å². The van der Waals surface area contributed by atoms with Crippen LogP contribution in [0.5, 0.6) is 11.5 Å². The molecule has 0 bridgehead atoms. The van der Waals surface area contributed by atoms with E-state index in [9.17, 15) is 4.79 Å². The molecule has 0 radical (unpaired) electrons. The summed E-state index contributed by atoms with van der Waals surface area (Å²) in [6, 6.07) is 15.5. The quantitative estimate of drug-likeness (QED) is 0.636. The fourth-order valence-corrected chi connectivity index (χ4v) is 3.93. The van der Waals surface area contributed by atoms with E-state index in [0.717, 1.165) is 21.6 Å². The van der Waals surface area contributed by atoms with E-state index in [1.807, 2.05) is 67.8 Å². The van der Waals surface area contributed by atoms with Crippen LogP contribution < -0.4 is 14.8 Å². The van der Waals surface area contributed by atoms with Gasteiger partial charge in [-0.05, 0) is 37.1 Å². The van der Waals surface area contributed by atoms with Gasteiger partial charge in [0.2, 0.25) is 0 Å². The number of methoxy groups -OCH3 is 2. The van der Waals surface area contributed by atoms with Gasteiger partial charge in [0.1, 0.15) is 0 Å². The van der Waals surface area contributed by atoms with Gasteiger partial charge in [0, 0.05) is 15.8 Å². The maximum atomic E-state index is 13.0. The Balaban J connectivity index is 1.84. The molecule has 140 valence electrons. The van der Waals surface area contributed by atoms with Crippen molar-refractivity contribution in [3.8, 4) is 22.6 Å². The SMILES string of the molecule is COc1ccc([C@H](C)NC(=O)c2csc(C)c2-c2ccccc2)cc1OC. The molecule has 27 heavy (non-hydrogen) atoms. The third-order valence-electron chi connectivity index (χ3n) is 4.54. The molecular formula is C22H23NO3S. The number of carbonyl (C=O) groups excluding carboxylic acids is 1. The van der Waals surface area contributed by atoms with Gasteiger partial charge in [0.05, 0.1) is 25.8 Å². The molecule has 2 aromatic carbocycles. The summed E-state index contributed by atoms with van der Waals surface area (Å²) >= 11 is 1.59. The monoisotopic (exact) mass is 381 g/mol. The first-order valence-electron chi connectivity index (χ1n) is 8.71. The first-order chi connectivity index (χ1) is 13.0. The number of aryl methyl sites for hydroxylation is 1. The van der Waals surface area contributed by atoms with Gasteiger partial charge in [-0.25, -0.2) is 0 Å². The number of carbonyl (C=O) groups is 1. The average molecular weight is 381 g/mol. The molecule has 1 atom stereocenters. The molecule has 4 nitrogen and oxygen atoms in total. The normalized spacial score (nSPS) is 11.7. The second-order valence-corrected chi connectivity index (χ2v) is 7.34. The molecule has 0 aliphatic heterocycles. The van der Waals surface area contributed by atoms with Crippen LogP contribution in [0.25, 0.3) is 11.1 Å². The summed E-state index contributed by atoms with van der Waals surface area (Å²) in [6.07, 6.45) is 0. The fourth-order valence-electron chi connectivity index (χ4n) is 3.07. The first-order valence-corrected chi connectivity index (χ1v) is 9.59. The molecule has 0 aliphatic rings. The number of benzene rings is 2. The highest BCUT2D eigenvalue weighted by atomic mass is 32.1. The van der Waals surface area contributed by atoms with Crippen molar-refractivity contribution in [1.82, 2.24) is 5.32 Å². The summed E-state index contributed by atoms with van der Waals surface area (Å²) < 4.78 is 10.6. The van der Waals surface area contributed by atoms with Crippen LogP contribution in [-0.4, -0.2) is 20.1 Å². The third-order valence-corrected chi connectivity index (χ3v) is 5.45. The number of hydrogen-bond acceptors (Lipinski definition) is 4. The summed E-state index contributed by atoms with van der Waals surface area (Å²) in [4.78, 5) is 14.1. The van der Waals surface area contributed by atoms with Gasteiger partial charge in [0.15, 0.2) is 11.5 Å². The lowest BCUT2D eigenvalue weighted by Gasteiger charge is -2.17. The molecule has 5 heteroatoms. The van der Waals surface area contributed by atoms with Crippen molar-refractivity contribution in [3.05, 3.63) is 69.9 Å². The summed E-state index contributed by atoms with van der Waals surface area (Å²) in [7, 11) is 3.21. The highest BCUT2D eigenvalue weighted by molar-refractivity contribution is 7.10. The Hall–Kier alpha value is -2.79. The molecule has 1 N–H and O–H groups in total. The van der Waals surface area contributed by atoms with E-state index in [1.165, 1.54) is 0 Å². The van der Waals surface area contributed by atoms with Gasteiger partial charge in [-0.3, -0.25) is 4.79 Å². The van der Waals surface area contributed by atoms with E-state index in [0.29, 0.717) is 17.1 Å². The standard InChI is InChI=1S/C22H23NO3S/c1-14(17-10-11-19(25-3)20(12-17)26-4)23-22(24)18-13-27-15(2)21(18)16-8-6-5-7-9-16/h5-14H,1-4H3,(H,23,24)/t14-/m0/s1. The molecule has 0 spiro atoms. The van der Waals surface area contributed by atoms with Crippen molar-refractivity contribution in [1.29, 1.82) is 0 Å². The van der Waals surface area contributed by atoms with Gasteiger partial charge in [-0.2, -0.15) is 0 Å². The molecule has 3 aromatic rings. The number of nitrogens with one attached hydrogen (secondary N) is 1. The Kier molecular flexibility index (Phi) is 5.81. The molecule has 0 unspecified atom stereocenters. The van der Waals surface area contributed by atoms with Gasteiger partial charge >= 0.3 is 0 Å². The second kappa shape index (κ2) is 8.27. The molecule has 0 saturated carbocycles. The van der Waals surface area contributed by atoms with Crippen LogP contribution >= 0.6 is 11.3 Å². The minimum absolute atomic E-state index is 0.0829. The Bertz CT molecular complexity index is 934. The lowest BCUT2D eigenvalue weighted by molar-refractivity contribution is 0.0941. The topological polar surface area (TPSA) is 47.6 Å². The molecule has 0 aliphatic carbocycles. The molecule has 1 heterocycles. The Morgan fingerprint density at radius 2 is 1.74 bits per heavy atom. The molecule has 0 fully saturated rings. The minimum Gasteiger partial charge on any atom is -0.493 e. The third kappa shape index (κ3) is 3.98. The number of ether oxygens (including phenoxy) is 2. The maximum absolute atomic E-state index is 13.0. The highest BCUT2D eigenvalue weighted by Gasteiger charge is 2.19. The van der Waals surface area contributed by atoms with Crippen molar-refractivity contribution in [3.63, 3.8) is 0 Å². The van der Waals surface area contributed by atoms with E-state index < -0.39 is 0 Å². The van der Waals surface area contributed by atoms with E-state index in [2.05, 4.69) is 5.32 Å². The predicted molar refractivity (Wildman–Crippen MR) is 110 cm³/mol. The van der Waals surface area contributed by atoms with Crippen LogP contribution in [0.1, 0.15) is 33.8 Å². The van der Waals surface area contributed by atoms with Gasteiger partial charge < -0.3 is 14.8 Å². The van der Waals surface area contributed by atoms with Crippen LogP contribution in [0, 0.1) is 6.92 Å². The van der Waals surface area contributed by atoms with Gasteiger partial charge in [-0.15, -0.1) is 11.3 Å². The predicted octanol–water partition coefficient (Wildman–Crippen LogP) is 5.23. The summed E-state index contributed by atoms with van der Waals surface area (Å²) in [5.74, 6) is 1.23. The lowest BCUT2D eigenvalue weighted by atomic mass is 10.0. The van der Waals surface area contributed by atoms with E-state index in [-0.39, 0.29) is 11.9 Å². The second-order valence-electron chi connectivity index (χ2n) is 6.26. The van der Waals surface area contributed by atoms with Crippen molar-refractivity contribution < 1.29 is 14.3 Å². The Labute approximate surface area is 163 Å². The number of amides is 1. The maximum Gasteiger partial charge on any atom is 0.253 e. The Morgan fingerprint density at radius 1 is 1.04 bits per heavy atom. The zero-order valence-corrected chi connectivity index (χ0v) is 16.7. The van der Waals surface area contributed by atoms with Crippen molar-refractivity contribution in [2.24, 2.45) is 0 Å². The zero-order chi connectivity index (χ0) is 19.4. The van der Waals surface area contributed by atoms with Crippen LogP contribution in [-0.2, 0) is 0 Å². The van der Waals surface area contributed by atoms with Crippen molar-refractivity contribution in [2.75, 3.05) is 14.2 Å². The van der Waals surface area contributed by atoms with Crippen LogP contribution in [0.15, 0.2) is 53.9 Å². The molecule has 0 saturated heterocycles. The van der Waals surface area contributed by atoms with E-state index >= 15 is 0 Å². The zero-order valence-electron chi connectivity index (χ0n) is 15.9. The van der Waals surface area contributed by atoms with Crippen LogP contribution in [0.3, 0.4) is 0 Å². The van der Waals surface area contributed by atoms with Crippen molar-refractivity contribution >= 4 is 17.2 Å². The van der Waals surface area contributed by atoms with Gasteiger partial charge in [0.25, 0.3) is 5.91 Å². The lowest BCUT2D eigenvalue weighted by Crippen LogP contribution is -2.26. The number of hydrogen-bond donors (Lipinski definition) is 1. The summed E-state index contributed by atoms with van der Waals surface area (Å²) in [5, 5.41) is 5.02. The average Bonchev–Trinajstić information content (AvgIpc) is 3.09. The Morgan fingerprint density at radius 3 is 2.41 bits per heavy atom. The van der Waals surface area contributed by atoms with Gasteiger partial charge in [-0.1, -0.05) is 36.4 Å². The van der Waals surface area contributed by atoms with Crippen LogP contribution in [0.4, 0.5) is 0 Å². The summed E-state index contributed by atoms with van der Waals surface area (Å²) in [6.45, 7) is 4.00. The summed E-state index contributed by atoms with van der Waals surface area (Å²) in [5.41, 5.74) is 3.71. The van der Waals surface area contributed by atoms with Crippen molar-refractivity contribution in [2.45, 2.75) is 19.9 Å². The van der Waals surface area contributed by atoms with E-state index in [4.69, 9.17) is 9.47 Å². The largest absolute Gasteiger partial charge is 0.493 e. The first kappa shape index (κ1) is 19.0. The fraction of sp³-hybridized carbons (Fsp3) is 0.227. The highest BCUT2D eigenvalue weighted by Crippen LogP contribution is 2.33. The molecule has 1 amide bonds. The number of thiophene rings is 1. The van der Waals surface area contributed by atoms with Crippen LogP contribution in [0.2, 0.25) is 0 Å². The minimum atomic E-state index is -0.166. The molecular weight excluding hydrogens is 358 g/mol. The number of rotatable bonds is 6. The molecule has 3 rings (SSSR count). The molecule has 1 aromatic heterocycles. The smallest absolute Gasteiger partial charge is 0.253 e.